The molecule has 0 fully saturated rings. The summed E-state index contributed by atoms with van der Waals surface area (Å²) in [5.74, 6) is 0.323. The second kappa shape index (κ2) is 6.68. The molecule has 0 bridgehead atoms. The van der Waals surface area contributed by atoms with Crippen LogP contribution in [0.15, 0.2) is 0 Å². The Balaban J connectivity index is 4.95. The Morgan fingerprint density at radius 1 is 1.20 bits per heavy atom. The van der Waals surface area contributed by atoms with Gasteiger partial charge in [0.15, 0.2) is 0 Å². The van der Waals surface area contributed by atoms with Crippen LogP contribution in [-0.4, -0.2) is 49.6 Å². The molecule has 6 heteroatoms. The lowest BCUT2D eigenvalue weighted by Gasteiger charge is -2.31. The first-order valence-corrected chi connectivity index (χ1v) is 7.10. The second-order valence-electron chi connectivity index (χ2n) is 3.56. The van der Waals surface area contributed by atoms with Crippen molar-refractivity contribution in [3.05, 3.63) is 0 Å². The van der Waals surface area contributed by atoms with Crippen molar-refractivity contribution >= 4 is 21.8 Å². The Kier molecular flexibility index (Phi) is 6.75. The minimum absolute atomic E-state index is 0.0381. The van der Waals surface area contributed by atoms with Crippen LogP contribution in [0.2, 0.25) is 0 Å². The summed E-state index contributed by atoms with van der Waals surface area (Å²) < 4.78 is 26.7. The third-order valence-electron chi connectivity index (χ3n) is 2.41. The average molecular weight is 257 g/mol. The molecule has 0 aromatic heterocycles. The van der Waals surface area contributed by atoms with Crippen LogP contribution < -0.4 is 0 Å². The summed E-state index contributed by atoms with van der Waals surface area (Å²) in [4.78, 5) is 0. The van der Waals surface area contributed by atoms with Crippen molar-refractivity contribution in [3.8, 4) is 0 Å². The van der Waals surface area contributed by atoms with Crippen molar-refractivity contribution in [1.29, 1.82) is 0 Å². The Bertz CT molecular complexity index is 263. The van der Waals surface area contributed by atoms with Crippen molar-refractivity contribution in [2.45, 2.75) is 32.7 Å². The van der Waals surface area contributed by atoms with E-state index in [0.29, 0.717) is 12.4 Å². The molecule has 0 heterocycles. The Hall–Kier alpha value is 0.160. The summed E-state index contributed by atoms with van der Waals surface area (Å²) in [6, 6.07) is 0.0381. The van der Waals surface area contributed by atoms with Crippen molar-refractivity contribution in [2.24, 2.45) is 0 Å². The average Bonchev–Trinajstić information content (AvgIpc) is 2.18. The fraction of sp³-hybridized carbons (Fsp3) is 1.00. The number of halogens is 1. The van der Waals surface area contributed by atoms with E-state index >= 15 is 0 Å². The van der Waals surface area contributed by atoms with Gasteiger partial charge in [0.2, 0.25) is 0 Å². The van der Waals surface area contributed by atoms with E-state index < -0.39 is 10.2 Å². The third kappa shape index (κ3) is 3.90. The van der Waals surface area contributed by atoms with Gasteiger partial charge in [-0.25, -0.2) is 0 Å². The molecule has 0 N–H and O–H groups in total. The highest BCUT2D eigenvalue weighted by molar-refractivity contribution is 7.86. The lowest BCUT2D eigenvalue weighted by molar-refractivity contribution is 0.297. The lowest BCUT2D eigenvalue weighted by atomic mass is 10.2. The van der Waals surface area contributed by atoms with E-state index in [-0.39, 0.29) is 6.04 Å². The molecule has 0 radical (unpaired) electrons. The van der Waals surface area contributed by atoms with E-state index in [0.717, 1.165) is 12.8 Å². The molecule has 4 nitrogen and oxygen atoms in total. The molecule has 0 amide bonds. The van der Waals surface area contributed by atoms with Gasteiger partial charge in [0.25, 0.3) is 10.2 Å². The van der Waals surface area contributed by atoms with Gasteiger partial charge in [-0.3, -0.25) is 0 Å². The Morgan fingerprint density at radius 3 is 1.93 bits per heavy atom. The molecular weight excluding hydrogens is 236 g/mol. The smallest absolute Gasteiger partial charge is 0.195 e. The van der Waals surface area contributed by atoms with Gasteiger partial charge in [-0.05, 0) is 12.8 Å². The van der Waals surface area contributed by atoms with E-state index in [4.69, 9.17) is 11.6 Å². The molecule has 0 aromatic carbocycles. The van der Waals surface area contributed by atoms with E-state index in [9.17, 15) is 8.42 Å². The van der Waals surface area contributed by atoms with Crippen molar-refractivity contribution in [3.63, 3.8) is 0 Å². The van der Waals surface area contributed by atoms with Crippen molar-refractivity contribution in [2.75, 3.05) is 26.5 Å². The fourth-order valence-electron chi connectivity index (χ4n) is 1.48. The number of rotatable bonds is 7. The molecule has 0 aliphatic heterocycles. The summed E-state index contributed by atoms with van der Waals surface area (Å²) in [6.45, 7) is 4.34. The maximum absolute atomic E-state index is 12.0. The zero-order valence-corrected chi connectivity index (χ0v) is 11.5. The van der Waals surface area contributed by atoms with Gasteiger partial charge < -0.3 is 0 Å². The highest BCUT2D eigenvalue weighted by Crippen LogP contribution is 2.15. The molecule has 0 atom stereocenters. The lowest BCUT2D eigenvalue weighted by Crippen LogP contribution is -2.46. The number of hydrogen-bond acceptors (Lipinski definition) is 2. The summed E-state index contributed by atoms with van der Waals surface area (Å²) in [6.07, 6.45) is 1.61. The van der Waals surface area contributed by atoms with Gasteiger partial charge >= 0.3 is 0 Å². The molecule has 15 heavy (non-hydrogen) atoms. The molecule has 0 saturated carbocycles. The number of nitrogens with zero attached hydrogens (tertiary/aromatic N) is 2. The van der Waals surface area contributed by atoms with Crippen LogP contribution in [0, 0.1) is 0 Å². The summed E-state index contributed by atoms with van der Waals surface area (Å²) in [5.41, 5.74) is 0. The van der Waals surface area contributed by atoms with Crippen LogP contribution in [0.1, 0.15) is 26.7 Å². The summed E-state index contributed by atoms with van der Waals surface area (Å²) >= 11 is 5.64. The van der Waals surface area contributed by atoms with E-state index in [2.05, 4.69) is 0 Å². The van der Waals surface area contributed by atoms with Gasteiger partial charge in [0.1, 0.15) is 0 Å². The van der Waals surface area contributed by atoms with Crippen LogP contribution >= 0.6 is 11.6 Å². The van der Waals surface area contributed by atoms with Gasteiger partial charge in [-0.1, -0.05) is 13.8 Å². The zero-order chi connectivity index (χ0) is 12.1. The maximum Gasteiger partial charge on any atom is 0.281 e. The van der Waals surface area contributed by atoms with Crippen LogP contribution in [-0.2, 0) is 10.2 Å². The largest absolute Gasteiger partial charge is 0.281 e. The molecule has 0 aliphatic rings. The summed E-state index contributed by atoms with van der Waals surface area (Å²) in [5, 5.41) is 0. The van der Waals surface area contributed by atoms with Crippen LogP contribution in [0.5, 0.6) is 0 Å². The van der Waals surface area contributed by atoms with Gasteiger partial charge in [0.05, 0.1) is 0 Å². The predicted octanol–water partition coefficient (Wildman–Crippen LogP) is 1.52. The van der Waals surface area contributed by atoms with Crippen molar-refractivity contribution in [1.82, 2.24) is 8.61 Å². The predicted molar refractivity (Wildman–Crippen MR) is 64.4 cm³/mol. The first-order valence-electron chi connectivity index (χ1n) is 5.17. The van der Waals surface area contributed by atoms with Crippen molar-refractivity contribution < 1.29 is 8.42 Å². The van der Waals surface area contributed by atoms with E-state index in [1.54, 1.807) is 14.1 Å². The molecule has 0 unspecified atom stereocenters. The van der Waals surface area contributed by atoms with Gasteiger partial charge in [-0.15, -0.1) is 11.6 Å². The summed E-state index contributed by atoms with van der Waals surface area (Å²) in [7, 11) is -0.261. The first-order chi connectivity index (χ1) is 6.91. The standard InChI is InChI=1S/C9H21ClN2O2S/c1-5-9(6-2)12(8-7-10)15(13,14)11(3)4/h9H,5-8H2,1-4H3. The fourth-order valence-corrected chi connectivity index (χ4v) is 3.17. The molecule has 0 aromatic rings. The molecule has 0 aliphatic carbocycles. The highest BCUT2D eigenvalue weighted by Gasteiger charge is 2.29. The molecule has 0 rings (SSSR count). The highest BCUT2D eigenvalue weighted by atomic mass is 35.5. The van der Waals surface area contributed by atoms with Gasteiger partial charge in [0, 0.05) is 32.6 Å². The topological polar surface area (TPSA) is 40.6 Å². The van der Waals surface area contributed by atoms with Gasteiger partial charge in [-0.2, -0.15) is 17.0 Å². The molecular formula is C9H21ClN2O2S. The van der Waals surface area contributed by atoms with E-state index in [1.807, 2.05) is 13.8 Å². The molecule has 92 valence electrons. The van der Waals surface area contributed by atoms with Crippen LogP contribution in [0.4, 0.5) is 0 Å². The Labute approximate surface area is 98.4 Å². The van der Waals surface area contributed by atoms with Crippen LogP contribution in [0.3, 0.4) is 0 Å². The molecule has 0 spiro atoms. The normalized spacial score (nSPS) is 13.1. The monoisotopic (exact) mass is 256 g/mol. The minimum Gasteiger partial charge on any atom is -0.195 e. The molecule has 0 saturated heterocycles. The third-order valence-corrected chi connectivity index (χ3v) is 4.58. The number of hydrogen-bond donors (Lipinski definition) is 0. The second-order valence-corrected chi connectivity index (χ2v) is 6.03. The van der Waals surface area contributed by atoms with E-state index in [1.165, 1.54) is 8.61 Å². The first kappa shape index (κ1) is 15.2. The minimum atomic E-state index is -3.34. The SMILES string of the molecule is CCC(CC)N(CCCl)S(=O)(=O)N(C)C. The maximum atomic E-state index is 12.0. The quantitative estimate of drug-likeness (QED) is 0.648. The Morgan fingerprint density at radius 2 is 1.67 bits per heavy atom. The zero-order valence-electron chi connectivity index (χ0n) is 9.90. The number of alkyl halides is 1. The van der Waals surface area contributed by atoms with Crippen LogP contribution in [0.25, 0.3) is 0 Å².